The predicted molar refractivity (Wildman–Crippen MR) is 67.1 cm³/mol. The highest BCUT2D eigenvalue weighted by Crippen LogP contribution is 2.36. The standard InChI is InChI=1S/C13H16N2O3/c1-10-2-4-11(5-3-10)13(12(16)17)6-8-15(14-18)9-7-13/h2-5H,6-9H2,1H3,(H,16,17). The molecule has 5 nitrogen and oxygen atoms in total. The molecule has 0 atom stereocenters. The molecule has 0 aromatic heterocycles. The van der Waals surface area contributed by atoms with Crippen molar-refractivity contribution >= 4 is 5.97 Å². The van der Waals surface area contributed by atoms with E-state index < -0.39 is 11.4 Å². The number of aliphatic carboxylic acids is 1. The third kappa shape index (κ3) is 2.08. The smallest absolute Gasteiger partial charge is 0.314 e. The van der Waals surface area contributed by atoms with Gasteiger partial charge < -0.3 is 5.11 Å². The van der Waals surface area contributed by atoms with Crippen LogP contribution in [0, 0.1) is 11.8 Å². The number of piperidine rings is 1. The molecule has 0 amide bonds. The summed E-state index contributed by atoms with van der Waals surface area (Å²) in [5.41, 5.74) is 1.03. The van der Waals surface area contributed by atoms with Crippen molar-refractivity contribution in [3.05, 3.63) is 40.3 Å². The Morgan fingerprint density at radius 2 is 1.83 bits per heavy atom. The number of nitroso groups, excluding NO2 is 1. The number of rotatable bonds is 3. The normalized spacial score (nSPS) is 18.4. The van der Waals surface area contributed by atoms with E-state index in [1.54, 1.807) is 0 Å². The van der Waals surface area contributed by atoms with Crippen molar-refractivity contribution in [1.82, 2.24) is 5.01 Å². The van der Waals surface area contributed by atoms with Gasteiger partial charge in [-0.05, 0) is 25.3 Å². The summed E-state index contributed by atoms with van der Waals surface area (Å²) in [6.45, 7) is 2.75. The molecule has 1 N–H and O–H groups in total. The number of carbonyl (C=O) groups is 1. The van der Waals surface area contributed by atoms with Gasteiger partial charge in [0.2, 0.25) is 0 Å². The Labute approximate surface area is 105 Å². The van der Waals surface area contributed by atoms with Crippen LogP contribution < -0.4 is 0 Å². The summed E-state index contributed by atoms with van der Waals surface area (Å²) in [4.78, 5) is 22.1. The lowest BCUT2D eigenvalue weighted by Crippen LogP contribution is -2.45. The maximum Gasteiger partial charge on any atom is 0.314 e. The number of nitrogens with zero attached hydrogens (tertiary/aromatic N) is 2. The quantitative estimate of drug-likeness (QED) is 0.831. The van der Waals surface area contributed by atoms with Crippen LogP contribution in [0.4, 0.5) is 0 Å². The zero-order valence-electron chi connectivity index (χ0n) is 10.3. The first-order chi connectivity index (χ1) is 8.58. The van der Waals surface area contributed by atoms with Crippen LogP contribution in [0.2, 0.25) is 0 Å². The lowest BCUT2D eigenvalue weighted by atomic mass is 9.73. The highest BCUT2D eigenvalue weighted by atomic mass is 16.4. The molecule has 0 unspecified atom stereocenters. The van der Waals surface area contributed by atoms with Gasteiger partial charge in [-0.1, -0.05) is 29.8 Å². The van der Waals surface area contributed by atoms with E-state index in [9.17, 15) is 14.8 Å². The van der Waals surface area contributed by atoms with Gasteiger partial charge in [-0.2, -0.15) is 0 Å². The number of carboxylic acid groups (broad SMARTS) is 1. The number of aryl methyl sites for hydroxylation is 1. The minimum Gasteiger partial charge on any atom is -0.481 e. The SMILES string of the molecule is Cc1ccc(C2(C(=O)O)CCN(N=O)CC2)cc1. The lowest BCUT2D eigenvalue weighted by molar-refractivity contribution is -0.146. The molecule has 1 heterocycles. The van der Waals surface area contributed by atoms with Crippen LogP contribution in [0.1, 0.15) is 24.0 Å². The van der Waals surface area contributed by atoms with E-state index in [-0.39, 0.29) is 0 Å². The van der Waals surface area contributed by atoms with E-state index in [4.69, 9.17) is 0 Å². The van der Waals surface area contributed by atoms with E-state index in [0.29, 0.717) is 25.9 Å². The molecule has 2 rings (SSSR count). The second-order valence-corrected chi connectivity index (χ2v) is 4.79. The number of hydrogen-bond donors (Lipinski definition) is 1. The van der Waals surface area contributed by atoms with Gasteiger partial charge in [0.15, 0.2) is 0 Å². The first-order valence-corrected chi connectivity index (χ1v) is 5.97. The largest absolute Gasteiger partial charge is 0.481 e. The lowest BCUT2D eigenvalue weighted by Gasteiger charge is -2.36. The molecule has 1 fully saturated rings. The zero-order chi connectivity index (χ0) is 13.2. The molecule has 0 spiro atoms. The van der Waals surface area contributed by atoms with E-state index >= 15 is 0 Å². The van der Waals surface area contributed by atoms with Gasteiger partial charge in [-0.25, -0.2) is 0 Å². The topological polar surface area (TPSA) is 70.0 Å². The highest BCUT2D eigenvalue weighted by molar-refractivity contribution is 5.81. The molecule has 1 aliphatic heterocycles. The van der Waals surface area contributed by atoms with Crippen molar-refractivity contribution < 1.29 is 9.90 Å². The molecule has 1 aliphatic rings. The average molecular weight is 248 g/mol. The molecule has 1 saturated heterocycles. The second kappa shape index (κ2) is 4.76. The fourth-order valence-electron chi connectivity index (χ4n) is 2.46. The van der Waals surface area contributed by atoms with E-state index in [1.165, 1.54) is 5.01 Å². The van der Waals surface area contributed by atoms with Crippen molar-refractivity contribution in [3.63, 3.8) is 0 Å². The predicted octanol–water partition coefficient (Wildman–Crippen LogP) is 2.09. The Balaban J connectivity index is 2.31. The minimum atomic E-state index is -0.880. The van der Waals surface area contributed by atoms with Gasteiger partial charge in [0, 0.05) is 13.1 Å². The van der Waals surface area contributed by atoms with Crippen molar-refractivity contribution in [2.24, 2.45) is 5.29 Å². The fourth-order valence-corrected chi connectivity index (χ4v) is 2.46. The molecule has 96 valence electrons. The summed E-state index contributed by atoms with van der Waals surface area (Å²) in [7, 11) is 0. The first-order valence-electron chi connectivity index (χ1n) is 5.97. The van der Waals surface area contributed by atoms with Crippen molar-refractivity contribution in [1.29, 1.82) is 0 Å². The first kappa shape index (κ1) is 12.5. The Morgan fingerprint density at radius 3 is 2.28 bits per heavy atom. The van der Waals surface area contributed by atoms with Crippen LogP contribution in [-0.4, -0.2) is 29.2 Å². The van der Waals surface area contributed by atoms with Gasteiger partial charge in [0.25, 0.3) is 0 Å². The van der Waals surface area contributed by atoms with Crippen LogP contribution in [0.15, 0.2) is 29.6 Å². The van der Waals surface area contributed by atoms with Gasteiger partial charge >= 0.3 is 5.97 Å². The van der Waals surface area contributed by atoms with Gasteiger partial charge in [0.1, 0.15) is 0 Å². The summed E-state index contributed by atoms with van der Waals surface area (Å²) in [5.74, 6) is -0.822. The Bertz CT molecular complexity index is 448. The number of hydrogen-bond acceptors (Lipinski definition) is 3. The summed E-state index contributed by atoms with van der Waals surface area (Å²) in [6.07, 6.45) is 0.828. The Hall–Kier alpha value is -1.91. The van der Waals surface area contributed by atoms with Crippen LogP contribution in [0.25, 0.3) is 0 Å². The summed E-state index contributed by atoms with van der Waals surface area (Å²) >= 11 is 0. The van der Waals surface area contributed by atoms with E-state index in [0.717, 1.165) is 11.1 Å². The molecule has 0 radical (unpaired) electrons. The summed E-state index contributed by atoms with van der Waals surface area (Å²) < 4.78 is 0. The number of carboxylic acids is 1. The summed E-state index contributed by atoms with van der Waals surface area (Å²) in [5, 5.41) is 13.8. The van der Waals surface area contributed by atoms with Crippen molar-refractivity contribution in [2.45, 2.75) is 25.2 Å². The van der Waals surface area contributed by atoms with Crippen LogP contribution in [0.5, 0.6) is 0 Å². The molecule has 0 aliphatic carbocycles. The third-order valence-electron chi connectivity index (χ3n) is 3.72. The van der Waals surface area contributed by atoms with Crippen LogP contribution in [0.3, 0.4) is 0 Å². The van der Waals surface area contributed by atoms with Gasteiger partial charge in [-0.15, -0.1) is 4.91 Å². The van der Waals surface area contributed by atoms with E-state index in [1.807, 2.05) is 31.2 Å². The maximum atomic E-state index is 11.6. The maximum absolute atomic E-state index is 11.6. The van der Waals surface area contributed by atoms with Crippen molar-refractivity contribution in [2.75, 3.05) is 13.1 Å². The van der Waals surface area contributed by atoms with Gasteiger partial charge in [-0.3, -0.25) is 9.80 Å². The van der Waals surface area contributed by atoms with Crippen LogP contribution in [-0.2, 0) is 10.2 Å². The molecule has 0 bridgehead atoms. The molecule has 1 aromatic rings. The minimum absolute atomic E-state index is 0.393. The molecular weight excluding hydrogens is 232 g/mol. The number of benzene rings is 1. The highest BCUT2D eigenvalue weighted by Gasteiger charge is 2.43. The molecule has 1 aromatic carbocycles. The second-order valence-electron chi connectivity index (χ2n) is 4.79. The van der Waals surface area contributed by atoms with E-state index in [2.05, 4.69) is 5.29 Å². The monoisotopic (exact) mass is 248 g/mol. The zero-order valence-corrected chi connectivity index (χ0v) is 10.3. The van der Waals surface area contributed by atoms with Crippen LogP contribution >= 0.6 is 0 Å². The molecule has 5 heteroatoms. The summed E-state index contributed by atoms with van der Waals surface area (Å²) in [6, 6.07) is 7.58. The molecule has 0 saturated carbocycles. The fraction of sp³-hybridized carbons (Fsp3) is 0.462. The Kier molecular flexibility index (Phi) is 3.32. The Morgan fingerprint density at radius 1 is 1.28 bits per heavy atom. The van der Waals surface area contributed by atoms with Crippen molar-refractivity contribution in [3.8, 4) is 0 Å². The molecular formula is C13H16N2O3. The van der Waals surface area contributed by atoms with Gasteiger partial charge in [0.05, 0.1) is 10.7 Å². The average Bonchev–Trinajstić information content (AvgIpc) is 2.39. The molecule has 18 heavy (non-hydrogen) atoms. The third-order valence-corrected chi connectivity index (χ3v) is 3.72.